The maximum absolute atomic E-state index is 5.08. The van der Waals surface area contributed by atoms with E-state index < -0.39 is 0 Å². The van der Waals surface area contributed by atoms with Crippen molar-refractivity contribution in [2.24, 2.45) is 4.99 Å². The lowest BCUT2D eigenvalue weighted by Gasteiger charge is -2.18. The molecule has 0 saturated heterocycles. The second-order valence-electron chi connectivity index (χ2n) is 6.26. The zero-order chi connectivity index (χ0) is 17.8. The van der Waals surface area contributed by atoms with Crippen LogP contribution in [0.4, 0.5) is 0 Å². The van der Waals surface area contributed by atoms with Crippen molar-refractivity contribution in [3.63, 3.8) is 0 Å². The average molecular weight is 335 g/mol. The minimum Gasteiger partial charge on any atom is -0.385 e. The van der Waals surface area contributed by atoms with E-state index in [-0.39, 0.29) is 0 Å². The first kappa shape index (κ1) is 20.5. The van der Waals surface area contributed by atoms with Gasteiger partial charge in [-0.3, -0.25) is 4.99 Å². The molecule has 0 saturated carbocycles. The van der Waals surface area contributed by atoms with Gasteiger partial charge in [-0.1, -0.05) is 23.8 Å². The van der Waals surface area contributed by atoms with Crippen molar-refractivity contribution in [3.05, 3.63) is 34.9 Å². The number of rotatable bonds is 10. The van der Waals surface area contributed by atoms with Crippen LogP contribution in [0, 0.1) is 13.8 Å². The third-order valence-electron chi connectivity index (χ3n) is 4.08. The van der Waals surface area contributed by atoms with Gasteiger partial charge in [-0.25, -0.2) is 0 Å². The summed E-state index contributed by atoms with van der Waals surface area (Å²) in [6.45, 7) is 8.93. The summed E-state index contributed by atoms with van der Waals surface area (Å²) in [6.07, 6.45) is 2.07. The van der Waals surface area contributed by atoms with Gasteiger partial charge in [-0.2, -0.15) is 0 Å². The highest BCUT2D eigenvalue weighted by atomic mass is 16.5. The zero-order valence-electron chi connectivity index (χ0n) is 16.0. The minimum absolute atomic E-state index is 0.819. The van der Waals surface area contributed by atoms with Crippen LogP contribution in [0.3, 0.4) is 0 Å². The lowest BCUT2D eigenvalue weighted by atomic mass is 10.0. The van der Waals surface area contributed by atoms with Gasteiger partial charge >= 0.3 is 0 Å². The Morgan fingerprint density at radius 3 is 2.58 bits per heavy atom. The van der Waals surface area contributed by atoms with E-state index in [4.69, 9.17) is 4.74 Å². The summed E-state index contributed by atoms with van der Waals surface area (Å²) in [5.74, 6) is 0.866. The standard InChI is InChI=1S/C19H34N4O/c1-16-7-8-18(17(2)15-16)9-10-21-19(20-3)22-11-13-23(4)12-6-14-24-5/h7-8,15H,6,9-14H2,1-5H3,(H2,20,21,22). The number of nitrogens with zero attached hydrogens (tertiary/aromatic N) is 2. The number of hydrogen-bond acceptors (Lipinski definition) is 3. The SMILES string of the molecule is CN=C(NCCc1ccc(C)cc1C)NCCN(C)CCCOC. The topological polar surface area (TPSA) is 48.9 Å². The second-order valence-corrected chi connectivity index (χ2v) is 6.26. The monoisotopic (exact) mass is 334 g/mol. The summed E-state index contributed by atoms with van der Waals surface area (Å²) in [5.41, 5.74) is 4.06. The van der Waals surface area contributed by atoms with Gasteiger partial charge in [0, 0.05) is 46.9 Å². The Morgan fingerprint density at radius 2 is 1.92 bits per heavy atom. The van der Waals surface area contributed by atoms with Gasteiger partial charge in [0.2, 0.25) is 0 Å². The molecule has 24 heavy (non-hydrogen) atoms. The maximum Gasteiger partial charge on any atom is 0.191 e. The molecule has 0 fully saturated rings. The first-order valence-electron chi connectivity index (χ1n) is 8.75. The van der Waals surface area contributed by atoms with Crippen molar-refractivity contribution < 1.29 is 4.74 Å². The van der Waals surface area contributed by atoms with Crippen molar-refractivity contribution in [3.8, 4) is 0 Å². The molecule has 1 aromatic carbocycles. The molecule has 0 aromatic heterocycles. The Labute approximate surface area is 147 Å². The Balaban J connectivity index is 2.23. The van der Waals surface area contributed by atoms with Crippen LogP contribution in [0.2, 0.25) is 0 Å². The normalized spacial score (nSPS) is 11.8. The van der Waals surface area contributed by atoms with Crippen LogP contribution >= 0.6 is 0 Å². The van der Waals surface area contributed by atoms with E-state index in [1.807, 2.05) is 7.05 Å². The van der Waals surface area contributed by atoms with E-state index >= 15 is 0 Å². The number of benzene rings is 1. The van der Waals surface area contributed by atoms with E-state index in [0.29, 0.717) is 0 Å². The number of methoxy groups -OCH3 is 1. The molecule has 0 bridgehead atoms. The van der Waals surface area contributed by atoms with Crippen LogP contribution < -0.4 is 10.6 Å². The molecule has 0 heterocycles. The molecule has 0 aliphatic carbocycles. The molecule has 1 rings (SSSR count). The number of nitrogens with one attached hydrogen (secondary N) is 2. The van der Waals surface area contributed by atoms with Crippen LogP contribution in [0.25, 0.3) is 0 Å². The third-order valence-corrected chi connectivity index (χ3v) is 4.08. The molecular formula is C19H34N4O. The highest BCUT2D eigenvalue weighted by Crippen LogP contribution is 2.10. The quantitative estimate of drug-likeness (QED) is 0.390. The van der Waals surface area contributed by atoms with Crippen LogP contribution in [0.5, 0.6) is 0 Å². The molecule has 0 aliphatic rings. The van der Waals surface area contributed by atoms with Gasteiger partial charge < -0.3 is 20.3 Å². The number of likely N-dealkylation sites (N-methyl/N-ethyl adjacent to an activating group) is 1. The summed E-state index contributed by atoms with van der Waals surface area (Å²) in [7, 11) is 5.69. The van der Waals surface area contributed by atoms with E-state index in [1.54, 1.807) is 7.11 Å². The number of hydrogen-bond donors (Lipinski definition) is 2. The number of aliphatic imine (C=N–C) groups is 1. The molecule has 0 amide bonds. The summed E-state index contributed by atoms with van der Waals surface area (Å²) >= 11 is 0. The van der Waals surface area contributed by atoms with E-state index in [2.05, 4.69) is 59.6 Å². The third kappa shape index (κ3) is 8.31. The Hall–Kier alpha value is -1.59. The fourth-order valence-electron chi connectivity index (χ4n) is 2.62. The van der Waals surface area contributed by atoms with Crippen LogP contribution in [-0.4, -0.2) is 64.9 Å². The molecule has 1 aromatic rings. The summed E-state index contributed by atoms with van der Waals surface area (Å²) in [5, 5.41) is 6.75. The Morgan fingerprint density at radius 1 is 1.17 bits per heavy atom. The first-order valence-corrected chi connectivity index (χ1v) is 8.75. The van der Waals surface area contributed by atoms with Crippen molar-refractivity contribution in [2.45, 2.75) is 26.7 Å². The Kier molecular flexibility index (Phi) is 10.1. The molecule has 0 spiro atoms. The smallest absolute Gasteiger partial charge is 0.191 e. The lowest BCUT2D eigenvalue weighted by molar-refractivity contribution is 0.180. The highest BCUT2D eigenvalue weighted by molar-refractivity contribution is 5.79. The van der Waals surface area contributed by atoms with Gasteiger partial charge in [-0.05, 0) is 44.9 Å². The maximum atomic E-state index is 5.08. The molecular weight excluding hydrogens is 300 g/mol. The predicted molar refractivity (Wildman–Crippen MR) is 103 cm³/mol. The zero-order valence-corrected chi connectivity index (χ0v) is 16.0. The summed E-state index contributed by atoms with van der Waals surface area (Å²) in [4.78, 5) is 6.58. The number of ether oxygens (including phenoxy) is 1. The molecule has 5 heteroatoms. The fourth-order valence-corrected chi connectivity index (χ4v) is 2.62. The van der Waals surface area contributed by atoms with Gasteiger partial charge in [-0.15, -0.1) is 0 Å². The van der Waals surface area contributed by atoms with E-state index in [9.17, 15) is 0 Å². The van der Waals surface area contributed by atoms with Gasteiger partial charge in [0.1, 0.15) is 0 Å². The van der Waals surface area contributed by atoms with Gasteiger partial charge in [0.15, 0.2) is 5.96 Å². The molecule has 136 valence electrons. The van der Waals surface area contributed by atoms with E-state index in [1.165, 1.54) is 16.7 Å². The van der Waals surface area contributed by atoms with Gasteiger partial charge in [0.05, 0.1) is 0 Å². The van der Waals surface area contributed by atoms with Crippen LogP contribution in [-0.2, 0) is 11.2 Å². The van der Waals surface area contributed by atoms with E-state index in [0.717, 1.165) is 51.6 Å². The molecule has 0 unspecified atom stereocenters. The molecule has 0 aliphatic heterocycles. The van der Waals surface area contributed by atoms with Crippen molar-refractivity contribution in [1.82, 2.24) is 15.5 Å². The van der Waals surface area contributed by atoms with Crippen molar-refractivity contribution >= 4 is 5.96 Å². The Bertz CT molecular complexity index is 502. The van der Waals surface area contributed by atoms with Crippen LogP contribution in [0.1, 0.15) is 23.1 Å². The fraction of sp³-hybridized carbons (Fsp3) is 0.632. The van der Waals surface area contributed by atoms with Crippen molar-refractivity contribution in [1.29, 1.82) is 0 Å². The number of aryl methyl sites for hydroxylation is 2. The second kappa shape index (κ2) is 11.9. The summed E-state index contributed by atoms with van der Waals surface area (Å²) in [6, 6.07) is 6.63. The minimum atomic E-state index is 0.819. The predicted octanol–water partition coefficient (Wildman–Crippen LogP) is 1.98. The highest BCUT2D eigenvalue weighted by Gasteiger charge is 2.02. The summed E-state index contributed by atoms with van der Waals surface area (Å²) < 4.78 is 5.08. The lowest BCUT2D eigenvalue weighted by Crippen LogP contribution is -2.41. The molecule has 0 atom stereocenters. The van der Waals surface area contributed by atoms with Crippen LogP contribution in [0.15, 0.2) is 23.2 Å². The molecule has 5 nitrogen and oxygen atoms in total. The van der Waals surface area contributed by atoms with Gasteiger partial charge in [0.25, 0.3) is 0 Å². The average Bonchev–Trinajstić information content (AvgIpc) is 2.55. The first-order chi connectivity index (χ1) is 11.6. The molecule has 2 N–H and O–H groups in total. The largest absolute Gasteiger partial charge is 0.385 e. The number of guanidine groups is 1. The molecule has 0 radical (unpaired) electrons. The van der Waals surface area contributed by atoms with Crippen molar-refractivity contribution in [2.75, 3.05) is 54.0 Å².